The summed E-state index contributed by atoms with van der Waals surface area (Å²) in [5, 5.41) is 3.74. The van der Waals surface area contributed by atoms with Crippen molar-refractivity contribution in [1.82, 2.24) is 10.2 Å². The normalized spacial score (nSPS) is 15.6. The van der Waals surface area contributed by atoms with E-state index in [1.807, 2.05) is 19.1 Å². The molecule has 1 aliphatic rings. The molecule has 1 N–H and O–H groups in total. The molecule has 0 radical (unpaired) electrons. The molecule has 0 aromatic heterocycles. The van der Waals surface area contributed by atoms with E-state index in [9.17, 15) is 4.79 Å². The second kappa shape index (κ2) is 6.07. The largest absolute Gasteiger partial charge is 0.482 e. The highest BCUT2D eigenvalue weighted by Gasteiger charge is 2.16. The summed E-state index contributed by atoms with van der Waals surface area (Å²) in [4.78, 5) is 13.7. The summed E-state index contributed by atoms with van der Waals surface area (Å²) in [5.74, 6) is 0.578. The number of hydrogen-bond acceptors (Lipinski definition) is 3. The highest BCUT2D eigenvalue weighted by Crippen LogP contribution is 2.25. The van der Waals surface area contributed by atoms with Crippen LogP contribution in [0.1, 0.15) is 5.56 Å². The molecular formula is C13H17ClN2O2. The van der Waals surface area contributed by atoms with Crippen molar-refractivity contribution in [3.63, 3.8) is 0 Å². The predicted octanol–water partition coefficient (Wildman–Crippen LogP) is 1.46. The third kappa shape index (κ3) is 3.37. The first-order valence-electron chi connectivity index (χ1n) is 6.04. The van der Waals surface area contributed by atoms with Gasteiger partial charge in [-0.2, -0.15) is 0 Å². The highest BCUT2D eigenvalue weighted by atomic mass is 35.5. The Morgan fingerprint density at radius 3 is 2.89 bits per heavy atom. The van der Waals surface area contributed by atoms with Crippen LogP contribution in [0.25, 0.3) is 0 Å². The first kappa shape index (κ1) is 13.2. The molecule has 1 aromatic rings. The molecule has 98 valence electrons. The molecule has 1 amide bonds. The zero-order valence-electron chi connectivity index (χ0n) is 10.4. The smallest absolute Gasteiger partial charge is 0.260 e. The van der Waals surface area contributed by atoms with Crippen LogP contribution in [-0.4, -0.2) is 43.6 Å². The van der Waals surface area contributed by atoms with Gasteiger partial charge in [-0.05, 0) is 24.6 Å². The van der Waals surface area contributed by atoms with Gasteiger partial charge in [-0.3, -0.25) is 4.79 Å². The first-order valence-corrected chi connectivity index (χ1v) is 6.42. The maximum atomic E-state index is 11.9. The fraction of sp³-hybridized carbons (Fsp3) is 0.462. The molecule has 18 heavy (non-hydrogen) atoms. The fourth-order valence-electron chi connectivity index (χ4n) is 1.87. The Balaban J connectivity index is 1.90. The van der Waals surface area contributed by atoms with Crippen LogP contribution in [0.3, 0.4) is 0 Å². The van der Waals surface area contributed by atoms with Crippen molar-refractivity contribution in [2.75, 3.05) is 32.8 Å². The molecule has 1 fully saturated rings. The third-order valence-corrected chi connectivity index (χ3v) is 3.22. The van der Waals surface area contributed by atoms with Crippen LogP contribution in [0.15, 0.2) is 18.2 Å². The maximum Gasteiger partial charge on any atom is 0.260 e. The molecule has 1 saturated heterocycles. The topological polar surface area (TPSA) is 41.6 Å². The number of hydrogen-bond donors (Lipinski definition) is 1. The summed E-state index contributed by atoms with van der Waals surface area (Å²) < 4.78 is 5.49. The van der Waals surface area contributed by atoms with E-state index in [1.165, 1.54) is 0 Å². The van der Waals surface area contributed by atoms with Gasteiger partial charge in [0.1, 0.15) is 5.75 Å². The summed E-state index contributed by atoms with van der Waals surface area (Å²) >= 11 is 6.01. The van der Waals surface area contributed by atoms with Gasteiger partial charge in [-0.1, -0.05) is 17.7 Å². The molecule has 2 rings (SSSR count). The summed E-state index contributed by atoms with van der Waals surface area (Å²) in [6.07, 6.45) is 0. The second-order valence-electron chi connectivity index (χ2n) is 4.35. The number of carbonyl (C=O) groups is 1. The first-order chi connectivity index (χ1) is 8.66. The summed E-state index contributed by atoms with van der Waals surface area (Å²) in [7, 11) is 0. The Bertz CT molecular complexity index is 431. The van der Waals surface area contributed by atoms with Gasteiger partial charge >= 0.3 is 0 Å². The van der Waals surface area contributed by atoms with Crippen molar-refractivity contribution in [2.45, 2.75) is 6.92 Å². The molecule has 1 aliphatic heterocycles. The second-order valence-corrected chi connectivity index (χ2v) is 4.76. The van der Waals surface area contributed by atoms with Crippen LogP contribution in [0.4, 0.5) is 0 Å². The Hall–Kier alpha value is -1.26. The molecule has 0 aliphatic carbocycles. The molecule has 0 bridgehead atoms. The number of nitrogens with zero attached hydrogens (tertiary/aromatic N) is 1. The van der Waals surface area contributed by atoms with Crippen LogP contribution in [0, 0.1) is 6.92 Å². The number of halogens is 1. The average molecular weight is 269 g/mol. The van der Waals surface area contributed by atoms with E-state index >= 15 is 0 Å². The monoisotopic (exact) mass is 268 g/mol. The zero-order chi connectivity index (χ0) is 13.0. The summed E-state index contributed by atoms with van der Waals surface area (Å²) in [6, 6.07) is 5.53. The lowest BCUT2D eigenvalue weighted by Crippen LogP contribution is -2.47. The van der Waals surface area contributed by atoms with Crippen LogP contribution in [0.5, 0.6) is 5.75 Å². The lowest BCUT2D eigenvalue weighted by Gasteiger charge is -2.27. The number of nitrogens with one attached hydrogen (secondary N) is 1. The van der Waals surface area contributed by atoms with E-state index in [0.717, 1.165) is 31.7 Å². The number of piperazine rings is 1. The van der Waals surface area contributed by atoms with E-state index < -0.39 is 0 Å². The molecule has 4 nitrogen and oxygen atoms in total. The zero-order valence-corrected chi connectivity index (χ0v) is 11.2. The number of benzene rings is 1. The van der Waals surface area contributed by atoms with Gasteiger partial charge in [0.25, 0.3) is 5.91 Å². The molecule has 1 aromatic carbocycles. The van der Waals surface area contributed by atoms with Crippen LogP contribution in [0.2, 0.25) is 5.02 Å². The Kier molecular flexibility index (Phi) is 4.44. The fourth-order valence-corrected chi connectivity index (χ4v) is 2.04. The number of rotatable bonds is 3. The molecule has 0 saturated carbocycles. The number of amides is 1. The molecule has 0 unspecified atom stereocenters. The van der Waals surface area contributed by atoms with Crippen molar-refractivity contribution >= 4 is 17.5 Å². The van der Waals surface area contributed by atoms with Gasteiger partial charge in [0.15, 0.2) is 6.61 Å². The number of carbonyl (C=O) groups excluding carboxylic acids is 1. The van der Waals surface area contributed by atoms with Crippen molar-refractivity contribution in [3.05, 3.63) is 28.8 Å². The van der Waals surface area contributed by atoms with Gasteiger partial charge in [0, 0.05) is 26.2 Å². The van der Waals surface area contributed by atoms with Crippen molar-refractivity contribution < 1.29 is 9.53 Å². The lowest BCUT2D eigenvalue weighted by atomic mass is 10.2. The summed E-state index contributed by atoms with van der Waals surface area (Å²) in [6.45, 7) is 5.17. The van der Waals surface area contributed by atoms with E-state index in [2.05, 4.69) is 5.32 Å². The molecule has 0 atom stereocenters. The minimum atomic E-state index is 0.00840. The molecule has 0 spiro atoms. The van der Waals surface area contributed by atoms with Gasteiger partial charge in [0.2, 0.25) is 0 Å². The summed E-state index contributed by atoms with van der Waals surface area (Å²) in [5.41, 5.74) is 1.06. The quantitative estimate of drug-likeness (QED) is 0.902. The van der Waals surface area contributed by atoms with E-state index in [4.69, 9.17) is 16.3 Å². The van der Waals surface area contributed by atoms with Crippen molar-refractivity contribution in [1.29, 1.82) is 0 Å². The number of aryl methyl sites for hydroxylation is 1. The minimum absolute atomic E-state index is 0.00840. The predicted molar refractivity (Wildman–Crippen MR) is 71.1 cm³/mol. The molecular weight excluding hydrogens is 252 g/mol. The van der Waals surface area contributed by atoms with E-state index in [0.29, 0.717) is 10.8 Å². The van der Waals surface area contributed by atoms with Crippen molar-refractivity contribution in [2.24, 2.45) is 0 Å². The van der Waals surface area contributed by atoms with E-state index in [-0.39, 0.29) is 12.5 Å². The van der Waals surface area contributed by atoms with Crippen LogP contribution in [-0.2, 0) is 4.79 Å². The maximum absolute atomic E-state index is 11.9. The van der Waals surface area contributed by atoms with Gasteiger partial charge in [0.05, 0.1) is 5.02 Å². The van der Waals surface area contributed by atoms with Crippen molar-refractivity contribution in [3.8, 4) is 5.75 Å². The van der Waals surface area contributed by atoms with Crippen LogP contribution < -0.4 is 10.1 Å². The number of ether oxygens (including phenoxy) is 1. The van der Waals surface area contributed by atoms with E-state index in [1.54, 1.807) is 11.0 Å². The molecule has 1 heterocycles. The van der Waals surface area contributed by atoms with Gasteiger partial charge in [-0.15, -0.1) is 0 Å². The van der Waals surface area contributed by atoms with Gasteiger partial charge in [-0.25, -0.2) is 0 Å². The molecule has 5 heteroatoms. The minimum Gasteiger partial charge on any atom is -0.482 e. The van der Waals surface area contributed by atoms with Crippen LogP contribution >= 0.6 is 11.6 Å². The third-order valence-electron chi connectivity index (χ3n) is 2.91. The standard InChI is InChI=1S/C13H17ClN2O2/c1-10-2-3-11(14)12(8-10)18-9-13(17)16-6-4-15-5-7-16/h2-3,8,15H,4-7,9H2,1H3. The average Bonchev–Trinajstić information content (AvgIpc) is 2.40. The Morgan fingerprint density at radius 1 is 1.44 bits per heavy atom. The Morgan fingerprint density at radius 2 is 2.17 bits per heavy atom. The lowest BCUT2D eigenvalue weighted by molar-refractivity contribution is -0.133. The SMILES string of the molecule is Cc1ccc(Cl)c(OCC(=O)N2CCNCC2)c1. The Labute approximate surface area is 112 Å². The van der Waals surface area contributed by atoms with Gasteiger partial charge < -0.3 is 15.0 Å². The highest BCUT2D eigenvalue weighted by molar-refractivity contribution is 6.32.